The molecule has 11 heteroatoms. The number of urea groups is 1. The van der Waals surface area contributed by atoms with Gasteiger partial charge in [0.05, 0.1) is 37.6 Å². The number of nitrogens with zero attached hydrogens (tertiary/aromatic N) is 2. The topological polar surface area (TPSA) is 128 Å². The summed E-state index contributed by atoms with van der Waals surface area (Å²) in [5.41, 5.74) is 2.29. The van der Waals surface area contributed by atoms with E-state index in [-0.39, 0.29) is 43.7 Å². The number of pyridine rings is 1. The minimum atomic E-state index is -0.808. The van der Waals surface area contributed by atoms with Crippen molar-refractivity contribution in [1.82, 2.24) is 20.5 Å². The third-order valence-corrected chi connectivity index (χ3v) is 6.47. The highest BCUT2D eigenvalue weighted by Crippen LogP contribution is 2.34. The second-order valence-corrected chi connectivity index (χ2v) is 9.00. The number of amides is 3. The summed E-state index contributed by atoms with van der Waals surface area (Å²) in [5, 5.41) is 5.56. The Balaban J connectivity index is 1.55. The summed E-state index contributed by atoms with van der Waals surface area (Å²) < 4.78 is 21.5. The first-order valence-electron chi connectivity index (χ1n) is 12.7. The molecule has 1 atom stereocenters. The number of hydrogen-bond acceptors (Lipinski definition) is 8. The Morgan fingerprint density at radius 3 is 2.50 bits per heavy atom. The number of ether oxygens (including phenoxy) is 4. The Bertz CT molecular complexity index is 1440. The van der Waals surface area contributed by atoms with Gasteiger partial charge in [-0.3, -0.25) is 9.78 Å². The van der Waals surface area contributed by atoms with Crippen molar-refractivity contribution in [1.29, 1.82) is 0 Å². The molecule has 40 heavy (non-hydrogen) atoms. The Morgan fingerprint density at radius 1 is 1.02 bits per heavy atom. The summed E-state index contributed by atoms with van der Waals surface area (Å²) in [4.78, 5) is 45.4. The molecule has 0 fully saturated rings. The van der Waals surface area contributed by atoms with Crippen molar-refractivity contribution in [2.45, 2.75) is 19.5 Å². The van der Waals surface area contributed by atoms with Crippen molar-refractivity contribution in [2.24, 2.45) is 0 Å². The van der Waals surface area contributed by atoms with Crippen molar-refractivity contribution >= 4 is 17.9 Å². The maximum absolute atomic E-state index is 13.7. The fourth-order valence-corrected chi connectivity index (χ4v) is 4.57. The van der Waals surface area contributed by atoms with E-state index in [1.165, 1.54) is 17.3 Å². The Kier molecular flexibility index (Phi) is 7.81. The van der Waals surface area contributed by atoms with Gasteiger partial charge in [-0.2, -0.15) is 0 Å². The minimum absolute atomic E-state index is 0.0795. The van der Waals surface area contributed by atoms with Crippen LogP contribution in [-0.4, -0.2) is 54.8 Å². The van der Waals surface area contributed by atoms with E-state index in [0.717, 1.165) is 5.56 Å². The fraction of sp³-hybridized carbons (Fsp3) is 0.241. The standard InChI is InChI=1S/C29H28N4O7/c1-3-38-28(35)25-22(31-29(36)32-26(25)19-5-7-21(37-2)8-6-19)16-33(27(34)20-10-12-30-13-11-20)15-18-4-9-23-24(14-18)40-17-39-23/h4-14,26H,3,15-17H2,1-2H3,(H2,31,32,36). The van der Waals surface area contributed by atoms with E-state index in [9.17, 15) is 14.4 Å². The van der Waals surface area contributed by atoms with Gasteiger partial charge in [-0.1, -0.05) is 18.2 Å². The Labute approximate surface area is 230 Å². The molecule has 2 aliphatic heterocycles. The zero-order valence-corrected chi connectivity index (χ0v) is 22.0. The highest BCUT2D eigenvalue weighted by molar-refractivity contribution is 5.97. The second kappa shape index (κ2) is 11.8. The smallest absolute Gasteiger partial charge is 0.338 e. The lowest BCUT2D eigenvalue weighted by Crippen LogP contribution is -2.49. The number of methoxy groups -OCH3 is 1. The molecule has 1 aromatic heterocycles. The van der Waals surface area contributed by atoms with Gasteiger partial charge in [0.2, 0.25) is 6.79 Å². The molecule has 3 heterocycles. The molecular weight excluding hydrogens is 516 g/mol. The monoisotopic (exact) mass is 544 g/mol. The van der Waals surface area contributed by atoms with E-state index < -0.39 is 18.0 Å². The lowest BCUT2D eigenvalue weighted by molar-refractivity contribution is -0.139. The molecule has 0 saturated heterocycles. The highest BCUT2D eigenvalue weighted by atomic mass is 16.7. The molecule has 3 amide bonds. The van der Waals surface area contributed by atoms with E-state index in [2.05, 4.69) is 15.6 Å². The molecule has 2 aliphatic rings. The molecule has 3 aromatic rings. The van der Waals surface area contributed by atoms with Crippen LogP contribution in [0.25, 0.3) is 0 Å². The molecule has 0 aliphatic carbocycles. The average Bonchev–Trinajstić information content (AvgIpc) is 3.45. The van der Waals surface area contributed by atoms with Crippen LogP contribution in [0.1, 0.15) is 34.5 Å². The van der Waals surface area contributed by atoms with Gasteiger partial charge >= 0.3 is 12.0 Å². The lowest BCUT2D eigenvalue weighted by Gasteiger charge is -2.32. The molecule has 11 nitrogen and oxygen atoms in total. The largest absolute Gasteiger partial charge is 0.497 e. The third kappa shape index (κ3) is 5.68. The molecule has 2 aromatic carbocycles. The van der Waals surface area contributed by atoms with E-state index >= 15 is 0 Å². The van der Waals surface area contributed by atoms with Gasteiger partial charge in [0.15, 0.2) is 11.5 Å². The number of rotatable bonds is 9. The van der Waals surface area contributed by atoms with Gasteiger partial charge in [-0.15, -0.1) is 0 Å². The summed E-state index contributed by atoms with van der Waals surface area (Å²) in [6.45, 7) is 2.04. The number of carbonyl (C=O) groups is 3. The van der Waals surface area contributed by atoms with Crippen LogP contribution in [0.2, 0.25) is 0 Å². The summed E-state index contributed by atoms with van der Waals surface area (Å²) >= 11 is 0. The van der Waals surface area contributed by atoms with E-state index in [1.807, 2.05) is 6.07 Å². The molecular formula is C29H28N4O7. The van der Waals surface area contributed by atoms with Gasteiger partial charge in [0, 0.05) is 24.5 Å². The zero-order chi connectivity index (χ0) is 28.1. The normalized spacial score (nSPS) is 15.7. The first-order valence-corrected chi connectivity index (χ1v) is 12.7. The molecule has 0 spiro atoms. The fourth-order valence-electron chi connectivity index (χ4n) is 4.57. The number of esters is 1. The molecule has 1 unspecified atom stereocenters. The summed E-state index contributed by atoms with van der Waals surface area (Å²) in [7, 11) is 1.55. The number of carbonyl (C=O) groups excluding carboxylic acids is 3. The van der Waals surface area contributed by atoms with Gasteiger partial charge in [-0.25, -0.2) is 9.59 Å². The molecule has 0 bridgehead atoms. The van der Waals surface area contributed by atoms with E-state index in [4.69, 9.17) is 18.9 Å². The van der Waals surface area contributed by atoms with Crippen molar-refractivity contribution in [3.8, 4) is 17.2 Å². The van der Waals surface area contributed by atoms with Crippen LogP contribution < -0.4 is 24.8 Å². The summed E-state index contributed by atoms with van der Waals surface area (Å²) in [6, 6.07) is 14.3. The number of benzene rings is 2. The number of fused-ring (bicyclic) bond motifs is 1. The first kappa shape index (κ1) is 26.5. The lowest BCUT2D eigenvalue weighted by atomic mass is 9.94. The van der Waals surface area contributed by atoms with Crippen LogP contribution in [-0.2, 0) is 16.1 Å². The van der Waals surface area contributed by atoms with E-state index in [1.54, 1.807) is 62.6 Å². The molecule has 0 radical (unpaired) electrons. The van der Waals surface area contributed by atoms with Gasteiger partial charge in [0.25, 0.3) is 5.91 Å². The molecule has 0 saturated carbocycles. The SMILES string of the molecule is CCOC(=O)C1=C(CN(Cc2ccc3c(c2)OCO3)C(=O)c2ccncc2)NC(=O)NC1c1ccc(OC)cc1. The van der Waals surface area contributed by atoms with Gasteiger partial charge in [0.1, 0.15) is 5.75 Å². The number of aromatic nitrogens is 1. The van der Waals surface area contributed by atoms with Crippen molar-refractivity contribution < 1.29 is 33.3 Å². The summed E-state index contributed by atoms with van der Waals surface area (Å²) in [6.07, 6.45) is 3.06. The molecule has 2 N–H and O–H groups in total. The minimum Gasteiger partial charge on any atom is -0.497 e. The number of nitrogens with one attached hydrogen (secondary N) is 2. The molecule has 206 valence electrons. The second-order valence-electron chi connectivity index (χ2n) is 9.00. The first-order chi connectivity index (χ1) is 19.5. The summed E-state index contributed by atoms with van der Waals surface area (Å²) in [5.74, 6) is 0.907. The Hall–Kier alpha value is -5.06. The maximum Gasteiger partial charge on any atom is 0.338 e. The van der Waals surface area contributed by atoms with Crippen LogP contribution in [0.5, 0.6) is 17.2 Å². The van der Waals surface area contributed by atoms with Crippen molar-refractivity contribution in [3.05, 3.63) is 95.0 Å². The van der Waals surface area contributed by atoms with Crippen LogP contribution in [0.3, 0.4) is 0 Å². The maximum atomic E-state index is 13.7. The quantitative estimate of drug-likeness (QED) is 0.393. The predicted molar refractivity (Wildman–Crippen MR) is 143 cm³/mol. The van der Waals surface area contributed by atoms with Gasteiger partial charge < -0.3 is 34.5 Å². The van der Waals surface area contributed by atoms with Crippen molar-refractivity contribution in [3.63, 3.8) is 0 Å². The third-order valence-electron chi connectivity index (χ3n) is 6.47. The zero-order valence-electron chi connectivity index (χ0n) is 22.0. The average molecular weight is 545 g/mol. The van der Waals surface area contributed by atoms with Crippen LogP contribution >= 0.6 is 0 Å². The van der Waals surface area contributed by atoms with E-state index in [0.29, 0.717) is 28.4 Å². The number of hydrogen-bond donors (Lipinski definition) is 2. The highest BCUT2D eigenvalue weighted by Gasteiger charge is 2.35. The predicted octanol–water partition coefficient (Wildman–Crippen LogP) is 3.33. The van der Waals surface area contributed by atoms with Gasteiger partial charge in [-0.05, 0) is 54.4 Å². The van der Waals surface area contributed by atoms with Crippen LogP contribution in [0, 0.1) is 0 Å². The van der Waals surface area contributed by atoms with Crippen LogP contribution in [0.4, 0.5) is 4.79 Å². The van der Waals surface area contributed by atoms with Crippen LogP contribution in [0.15, 0.2) is 78.3 Å². The molecule has 5 rings (SSSR count). The Morgan fingerprint density at radius 2 is 1.77 bits per heavy atom. The van der Waals surface area contributed by atoms with Crippen molar-refractivity contribution in [2.75, 3.05) is 27.1 Å².